The maximum Gasteiger partial charge on any atom is 0.268 e. The van der Waals surface area contributed by atoms with Gasteiger partial charge < -0.3 is 20.1 Å². The summed E-state index contributed by atoms with van der Waals surface area (Å²) in [6.07, 6.45) is 0. The number of rotatable bonds is 2. The van der Waals surface area contributed by atoms with E-state index in [-0.39, 0.29) is 11.1 Å². The van der Waals surface area contributed by atoms with Crippen molar-refractivity contribution in [2.45, 2.75) is 0 Å². The molecule has 2 aromatic rings. The normalized spacial score (nSPS) is 11.7. The lowest BCUT2D eigenvalue weighted by Crippen LogP contribution is -2.21. The molecule has 17 heavy (non-hydrogen) atoms. The van der Waals surface area contributed by atoms with E-state index in [9.17, 15) is 4.79 Å². The van der Waals surface area contributed by atoms with Crippen molar-refractivity contribution >= 4 is 16.9 Å². The lowest BCUT2D eigenvalue weighted by molar-refractivity contribution is 0.0994. The van der Waals surface area contributed by atoms with E-state index < -0.39 is 5.91 Å². The van der Waals surface area contributed by atoms with Crippen LogP contribution in [0.3, 0.4) is 0 Å². The van der Waals surface area contributed by atoms with E-state index in [1.54, 1.807) is 18.2 Å². The van der Waals surface area contributed by atoms with Gasteiger partial charge in [0.15, 0.2) is 11.3 Å². The maximum atomic E-state index is 11.1. The highest BCUT2D eigenvalue weighted by atomic mass is 16.5. The highest BCUT2D eigenvalue weighted by Crippen LogP contribution is 2.24. The van der Waals surface area contributed by atoms with Gasteiger partial charge in [-0.15, -0.1) is 0 Å². The Kier molecular flexibility index (Phi) is 2.70. The molecule has 2 rings (SSSR count). The zero-order valence-electron chi connectivity index (χ0n) is 9.01. The van der Waals surface area contributed by atoms with Gasteiger partial charge in [0.05, 0.1) is 7.11 Å². The zero-order valence-corrected chi connectivity index (χ0v) is 9.01. The second-order valence-corrected chi connectivity index (χ2v) is 3.31. The van der Waals surface area contributed by atoms with Crippen LogP contribution in [0, 0.1) is 0 Å². The number of carbonyl (C=O) groups is 1. The van der Waals surface area contributed by atoms with Gasteiger partial charge in [0.1, 0.15) is 5.56 Å². The van der Waals surface area contributed by atoms with E-state index in [1.165, 1.54) is 13.2 Å². The summed E-state index contributed by atoms with van der Waals surface area (Å²) in [4.78, 5) is 11.1. The van der Waals surface area contributed by atoms with Crippen LogP contribution in [-0.4, -0.2) is 18.2 Å². The molecule has 1 amide bonds. The molecule has 0 bridgehead atoms. The highest BCUT2D eigenvalue weighted by Gasteiger charge is 2.11. The Balaban J connectivity index is 2.88. The Bertz CT molecular complexity index is 645. The minimum atomic E-state index is -0.730. The molecule has 0 radical (unpaired) electrons. The quantitative estimate of drug-likeness (QED) is 0.594. The van der Waals surface area contributed by atoms with Crippen LogP contribution in [0.1, 0.15) is 10.4 Å². The first-order chi connectivity index (χ1) is 8.17. The van der Waals surface area contributed by atoms with Crippen LogP contribution in [-0.2, 0) is 0 Å². The lowest BCUT2D eigenvalue weighted by atomic mass is 10.1. The van der Waals surface area contributed by atoms with E-state index in [0.717, 1.165) is 0 Å². The van der Waals surface area contributed by atoms with E-state index >= 15 is 0 Å². The van der Waals surface area contributed by atoms with E-state index in [2.05, 4.69) is 5.16 Å². The van der Waals surface area contributed by atoms with Crippen LogP contribution >= 0.6 is 0 Å². The number of fused-ring (bicyclic) bond motifs is 1. The molecule has 6 heteroatoms. The predicted octanol–water partition coefficient (Wildman–Crippen LogP) is 0.830. The van der Waals surface area contributed by atoms with Gasteiger partial charge in [-0.2, -0.15) is 0 Å². The number of nitrogens with zero attached hydrogens (tertiary/aromatic N) is 1. The number of nitrogens with two attached hydrogens (primary N) is 1. The first-order valence-corrected chi connectivity index (χ1v) is 4.76. The molecule has 0 atom stereocenters. The average molecular weight is 234 g/mol. The Hall–Kier alpha value is -2.50. The number of ether oxygens (including phenoxy) is 1. The molecule has 1 aromatic heterocycles. The van der Waals surface area contributed by atoms with Crippen LogP contribution in [0.25, 0.3) is 11.0 Å². The first-order valence-electron chi connectivity index (χ1n) is 4.76. The Morgan fingerprint density at radius 2 is 2.29 bits per heavy atom. The van der Waals surface area contributed by atoms with Crippen molar-refractivity contribution in [2.24, 2.45) is 10.9 Å². The average Bonchev–Trinajstić information content (AvgIpc) is 2.36. The number of methoxy groups -OCH3 is 1. The van der Waals surface area contributed by atoms with Crippen molar-refractivity contribution in [2.75, 3.05) is 7.11 Å². The summed E-state index contributed by atoms with van der Waals surface area (Å²) in [6, 6.07) is 6.65. The topological polar surface area (TPSA) is 98.1 Å². The summed E-state index contributed by atoms with van der Waals surface area (Å²) in [5.74, 6) is -0.255. The van der Waals surface area contributed by atoms with Gasteiger partial charge in [-0.05, 0) is 17.3 Å². The standard InChI is InChI=1S/C11H10N2O4/c1-16-8-4-2-3-6-5-7(10(12)14)11(13-15)17-9(6)8/h2-5,15H,1H3,(H2,12,14)/b13-11-. The molecule has 0 saturated heterocycles. The van der Waals surface area contributed by atoms with E-state index in [4.69, 9.17) is 20.1 Å². The molecule has 1 heterocycles. The van der Waals surface area contributed by atoms with Crippen molar-refractivity contribution in [3.63, 3.8) is 0 Å². The second-order valence-electron chi connectivity index (χ2n) is 3.31. The highest BCUT2D eigenvalue weighted by molar-refractivity contribution is 5.96. The van der Waals surface area contributed by atoms with Gasteiger partial charge in [-0.3, -0.25) is 4.79 Å². The molecule has 88 valence electrons. The van der Waals surface area contributed by atoms with Gasteiger partial charge in [-0.25, -0.2) is 0 Å². The lowest BCUT2D eigenvalue weighted by Gasteiger charge is -2.04. The van der Waals surface area contributed by atoms with Crippen LogP contribution < -0.4 is 16.0 Å². The maximum absolute atomic E-state index is 11.1. The van der Waals surface area contributed by atoms with Gasteiger partial charge in [0.25, 0.3) is 11.5 Å². The summed E-state index contributed by atoms with van der Waals surface area (Å²) in [5, 5.41) is 12.3. The molecule has 0 aliphatic carbocycles. The predicted molar refractivity (Wildman–Crippen MR) is 58.6 cm³/mol. The minimum Gasteiger partial charge on any atom is -0.493 e. The van der Waals surface area contributed by atoms with Crippen LogP contribution in [0.2, 0.25) is 0 Å². The summed E-state index contributed by atoms with van der Waals surface area (Å²) in [5.41, 5.74) is 5.30. The molecular weight excluding hydrogens is 224 g/mol. The number of hydrogen-bond acceptors (Lipinski definition) is 5. The molecular formula is C11H10N2O4. The smallest absolute Gasteiger partial charge is 0.268 e. The van der Waals surface area contributed by atoms with Crippen molar-refractivity contribution in [3.05, 3.63) is 35.4 Å². The zero-order chi connectivity index (χ0) is 12.4. The van der Waals surface area contributed by atoms with Gasteiger partial charge in [-0.1, -0.05) is 12.1 Å². The monoisotopic (exact) mass is 234 g/mol. The fourth-order valence-corrected chi connectivity index (χ4v) is 1.54. The summed E-state index contributed by atoms with van der Waals surface area (Å²) in [6.45, 7) is 0. The molecule has 0 unspecified atom stereocenters. The Morgan fingerprint density at radius 3 is 2.88 bits per heavy atom. The summed E-state index contributed by atoms with van der Waals surface area (Å²) in [7, 11) is 1.49. The fourth-order valence-electron chi connectivity index (χ4n) is 1.54. The second kappa shape index (κ2) is 4.17. The molecule has 3 N–H and O–H groups in total. The van der Waals surface area contributed by atoms with Crippen LogP contribution in [0.5, 0.6) is 5.75 Å². The first kappa shape index (κ1) is 11.0. The number of primary amides is 1. The Morgan fingerprint density at radius 1 is 1.53 bits per heavy atom. The molecule has 0 spiro atoms. The van der Waals surface area contributed by atoms with E-state index in [0.29, 0.717) is 16.7 Å². The molecule has 0 fully saturated rings. The molecule has 0 aliphatic heterocycles. The van der Waals surface area contributed by atoms with Crippen molar-refractivity contribution in [1.82, 2.24) is 0 Å². The molecule has 0 aliphatic rings. The summed E-state index contributed by atoms with van der Waals surface area (Å²) < 4.78 is 10.4. The third-order valence-corrected chi connectivity index (χ3v) is 2.31. The number of hydrogen-bond donors (Lipinski definition) is 2. The van der Waals surface area contributed by atoms with Crippen molar-refractivity contribution in [1.29, 1.82) is 0 Å². The van der Waals surface area contributed by atoms with Crippen LogP contribution in [0.15, 0.2) is 33.8 Å². The third kappa shape index (κ3) is 1.80. The minimum absolute atomic E-state index is 0.00764. The van der Waals surface area contributed by atoms with Gasteiger partial charge >= 0.3 is 0 Å². The van der Waals surface area contributed by atoms with Crippen molar-refractivity contribution in [3.8, 4) is 5.75 Å². The number of amides is 1. The SMILES string of the molecule is COc1cccc2cc(C(N)=O)/c(=N/O)oc12. The largest absolute Gasteiger partial charge is 0.493 e. The van der Waals surface area contributed by atoms with E-state index in [1.807, 2.05) is 0 Å². The van der Waals surface area contributed by atoms with Gasteiger partial charge in [0.2, 0.25) is 0 Å². The molecule has 0 saturated carbocycles. The van der Waals surface area contributed by atoms with Gasteiger partial charge in [0, 0.05) is 5.39 Å². The number of para-hydroxylation sites is 1. The third-order valence-electron chi connectivity index (χ3n) is 2.31. The molecule has 1 aromatic carbocycles. The molecule has 6 nitrogen and oxygen atoms in total. The number of benzene rings is 1. The number of carbonyl (C=O) groups excluding carboxylic acids is 1. The van der Waals surface area contributed by atoms with Crippen molar-refractivity contribution < 1.29 is 19.2 Å². The Labute approximate surface area is 95.9 Å². The fraction of sp³-hybridized carbons (Fsp3) is 0.0909. The van der Waals surface area contributed by atoms with Crippen LogP contribution in [0.4, 0.5) is 0 Å². The summed E-state index contributed by atoms with van der Waals surface area (Å²) >= 11 is 0.